The van der Waals surface area contributed by atoms with Crippen molar-refractivity contribution in [2.45, 2.75) is 32.2 Å². The predicted octanol–water partition coefficient (Wildman–Crippen LogP) is 3.68. The molecule has 0 aliphatic carbocycles. The number of hydrogen-bond acceptors (Lipinski definition) is 3. The predicted molar refractivity (Wildman–Crippen MR) is 107 cm³/mol. The summed E-state index contributed by atoms with van der Waals surface area (Å²) in [5.74, 6) is -0.134. The van der Waals surface area contributed by atoms with Gasteiger partial charge in [0, 0.05) is 5.02 Å². The van der Waals surface area contributed by atoms with Crippen LogP contribution < -0.4 is 10.6 Å². The maximum Gasteiger partial charge on any atom is 0.249 e. The Hall–Kier alpha value is -2.86. The molecule has 3 rings (SSSR count). The number of aromatic amines is 1. The van der Waals surface area contributed by atoms with Gasteiger partial charge in [-0.3, -0.25) is 14.9 Å². The van der Waals surface area contributed by atoms with Gasteiger partial charge in [-0.1, -0.05) is 49.2 Å². The molecule has 7 heteroatoms. The summed E-state index contributed by atoms with van der Waals surface area (Å²) in [5.41, 5.74) is 2.45. The largest absolute Gasteiger partial charge is 0.344 e. The number of benzene rings is 2. The standard InChI is InChI=1S/C20H21ClN4O2/c1-2-5-17(22-18(26)12-13-8-10-14(21)11-9-13)19(27)25-20-23-15-6-3-4-7-16(15)24-20/h3-4,6-11,17H,2,5,12H2,1H3,(H,22,26)(H2,23,24,25,27)/t17-/m0/s1. The Morgan fingerprint density at radius 3 is 2.59 bits per heavy atom. The average Bonchev–Trinajstić information content (AvgIpc) is 3.05. The van der Waals surface area contributed by atoms with Gasteiger partial charge in [0.2, 0.25) is 17.8 Å². The lowest BCUT2D eigenvalue weighted by Crippen LogP contribution is -2.44. The minimum atomic E-state index is -0.622. The molecule has 1 heterocycles. The normalized spacial score (nSPS) is 11.9. The number of halogens is 1. The summed E-state index contributed by atoms with van der Waals surface area (Å²) in [4.78, 5) is 32.3. The summed E-state index contributed by atoms with van der Waals surface area (Å²) in [5, 5.41) is 6.18. The molecule has 0 bridgehead atoms. The number of amides is 2. The van der Waals surface area contributed by atoms with Gasteiger partial charge in [0.25, 0.3) is 0 Å². The van der Waals surface area contributed by atoms with E-state index >= 15 is 0 Å². The van der Waals surface area contributed by atoms with Crippen molar-refractivity contribution >= 4 is 40.4 Å². The van der Waals surface area contributed by atoms with Crippen molar-refractivity contribution in [1.82, 2.24) is 15.3 Å². The fourth-order valence-electron chi connectivity index (χ4n) is 2.81. The lowest BCUT2D eigenvalue weighted by Gasteiger charge is -2.17. The number of nitrogens with zero attached hydrogens (tertiary/aromatic N) is 1. The Balaban J connectivity index is 1.63. The van der Waals surface area contributed by atoms with Crippen LogP contribution in [0.25, 0.3) is 11.0 Å². The van der Waals surface area contributed by atoms with Gasteiger partial charge in [-0.2, -0.15) is 0 Å². The Morgan fingerprint density at radius 1 is 1.15 bits per heavy atom. The molecule has 6 nitrogen and oxygen atoms in total. The maximum absolute atomic E-state index is 12.6. The number of carbonyl (C=O) groups is 2. The minimum absolute atomic E-state index is 0.190. The van der Waals surface area contributed by atoms with E-state index in [9.17, 15) is 9.59 Å². The van der Waals surface area contributed by atoms with Crippen molar-refractivity contribution in [2.24, 2.45) is 0 Å². The summed E-state index contributed by atoms with van der Waals surface area (Å²) in [6, 6.07) is 14.0. The first kappa shape index (κ1) is 18.9. The first-order valence-corrected chi connectivity index (χ1v) is 9.22. The topological polar surface area (TPSA) is 86.9 Å². The van der Waals surface area contributed by atoms with E-state index in [-0.39, 0.29) is 18.2 Å². The molecule has 0 saturated carbocycles. The molecular weight excluding hydrogens is 364 g/mol. The number of anilines is 1. The van der Waals surface area contributed by atoms with Gasteiger partial charge >= 0.3 is 0 Å². The monoisotopic (exact) mass is 384 g/mol. The second kappa shape index (κ2) is 8.68. The van der Waals surface area contributed by atoms with E-state index in [0.29, 0.717) is 17.4 Å². The third kappa shape index (κ3) is 5.08. The summed E-state index contributed by atoms with van der Waals surface area (Å²) in [6.45, 7) is 1.97. The number of hydrogen-bond donors (Lipinski definition) is 3. The second-order valence-electron chi connectivity index (χ2n) is 6.30. The van der Waals surface area contributed by atoms with Crippen LogP contribution in [0, 0.1) is 0 Å². The van der Waals surface area contributed by atoms with E-state index < -0.39 is 6.04 Å². The van der Waals surface area contributed by atoms with Gasteiger partial charge in [0.1, 0.15) is 6.04 Å². The SMILES string of the molecule is CCC[C@H](NC(=O)Cc1ccc(Cl)cc1)C(=O)Nc1nc2ccccc2[nH]1. The second-order valence-corrected chi connectivity index (χ2v) is 6.74. The van der Waals surface area contributed by atoms with Crippen molar-refractivity contribution < 1.29 is 9.59 Å². The number of para-hydroxylation sites is 2. The first-order valence-electron chi connectivity index (χ1n) is 8.84. The molecule has 0 aliphatic heterocycles. The molecule has 0 fully saturated rings. The van der Waals surface area contributed by atoms with E-state index in [0.717, 1.165) is 23.0 Å². The van der Waals surface area contributed by atoms with Crippen molar-refractivity contribution in [2.75, 3.05) is 5.32 Å². The number of imidazole rings is 1. The molecule has 27 heavy (non-hydrogen) atoms. The summed E-state index contributed by atoms with van der Waals surface area (Å²) in [6.07, 6.45) is 1.49. The fourth-order valence-corrected chi connectivity index (χ4v) is 2.93. The Bertz CT molecular complexity index is 904. The first-order chi connectivity index (χ1) is 13.0. The number of carbonyl (C=O) groups excluding carboxylic acids is 2. The fraction of sp³-hybridized carbons (Fsp3) is 0.250. The highest BCUT2D eigenvalue weighted by atomic mass is 35.5. The van der Waals surface area contributed by atoms with E-state index in [4.69, 9.17) is 11.6 Å². The maximum atomic E-state index is 12.6. The quantitative estimate of drug-likeness (QED) is 0.580. The van der Waals surface area contributed by atoms with Crippen LogP contribution in [-0.4, -0.2) is 27.8 Å². The molecule has 1 aromatic heterocycles. The van der Waals surface area contributed by atoms with Gasteiger partial charge in [-0.05, 0) is 36.2 Å². The highest BCUT2D eigenvalue weighted by Crippen LogP contribution is 2.14. The summed E-state index contributed by atoms with van der Waals surface area (Å²) < 4.78 is 0. The molecule has 0 spiro atoms. The van der Waals surface area contributed by atoms with Gasteiger partial charge in [-0.25, -0.2) is 4.98 Å². The molecule has 0 radical (unpaired) electrons. The lowest BCUT2D eigenvalue weighted by molar-refractivity contribution is -0.126. The Labute approximate surface area is 162 Å². The van der Waals surface area contributed by atoms with Crippen LogP contribution in [-0.2, 0) is 16.0 Å². The summed E-state index contributed by atoms with van der Waals surface area (Å²) in [7, 11) is 0. The van der Waals surface area contributed by atoms with Crippen LogP contribution in [0.4, 0.5) is 5.95 Å². The molecule has 0 aliphatic rings. The molecule has 2 amide bonds. The van der Waals surface area contributed by atoms with Gasteiger partial charge < -0.3 is 10.3 Å². The van der Waals surface area contributed by atoms with Crippen molar-refractivity contribution in [3.63, 3.8) is 0 Å². The van der Waals surface area contributed by atoms with Crippen molar-refractivity contribution in [3.05, 3.63) is 59.1 Å². The third-order valence-corrected chi connectivity index (χ3v) is 4.39. The summed E-state index contributed by atoms with van der Waals surface area (Å²) >= 11 is 5.86. The third-order valence-electron chi connectivity index (χ3n) is 4.14. The zero-order valence-corrected chi connectivity index (χ0v) is 15.7. The minimum Gasteiger partial charge on any atom is -0.344 e. The molecule has 1 atom stereocenters. The highest BCUT2D eigenvalue weighted by Gasteiger charge is 2.21. The van der Waals surface area contributed by atoms with Crippen LogP contribution >= 0.6 is 11.6 Å². The van der Waals surface area contributed by atoms with Crippen LogP contribution in [0.3, 0.4) is 0 Å². The number of rotatable bonds is 7. The van der Waals surface area contributed by atoms with Crippen molar-refractivity contribution in [1.29, 1.82) is 0 Å². The smallest absolute Gasteiger partial charge is 0.249 e. The molecule has 140 valence electrons. The van der Waals surface area contributed by atoms with Crippen LogP contribution in [0.2, 0.25) is 5.02 Å². The molecule has 0 saturated heterocycles. The number of aromatic nitrogens is 2. The molecule has 2 aromatic carbocycles. The Kier molecular flexibility index (Phi) is 6.08. The molecule has 3 aromatic rings. The highest BCUT2D eigenvalue weighted by molar-refractivity contribution is 6.30. The van der Waals surface area contributed by atoms with Gasteiger partial charge in [0.15, 0.2) is 0 Å². The van der Waals surface area contributed by atoms with Gasteiger partial charge in [-0.15, -0.1) is 0 Å². The number of fused-ring (bicyclic) bond motifs is 1. The van der Waals surface area contributed by atoms with Crippen molar-refractivity contribution in [3.8, 4) is 0 Å². The van der Waals surface area contributed by atoms with E-state index in [1.54, 1.807) is 24.3 Å². The lowest BCUT2D eigenvalue weighted by atomic mass is 10.1. The van der Waals surface area contributed by atoms with E-state index in [1.807, 2.05) is 31.2 Å². The van der Waals surface area contributed by atoms with Gasteiger partial charge in [0.05, 0.1) is 17.5 Å². The van der Waals surface area contributed by atoms with E-state index in [2.05, 4.69) is 20.6 Å². The Morgan fingerprint density at radius 2 is 1.89 bits per heavy atom. The van der Waals surface area contributed by atoms with Crippen LogP contribution in [0.15, 0.2) is 48.5 Å². The molecular formula is C20H21ClN4O2. The zero-order chi connectivity index (χ0) is 19.2. The number of H-pyrrole nitrogens is 1. The molecule has 0 unspecified atom stereocenters. The van der Waals surface area contributed by atoms with Crippen LogP contribution in [0.5, 0.6) is 0 Å². The van der Waals surface area contributed by atoms with E-state index in [1.165, 1.54) is 0 Å². The average molecular weight is 385 g/mol. The molecule has 3 N–H and O–H groups in total. The van der Waals surface area contributed by atoms with Crippen LogP contribution in [0.1, 0.15) is 25.3 Å². The zero-order valence-electron chi connectivity index (χ0n) is 15.0. The number of nitrogens with one attached hydrogen (secondary N) is 3.